The number of amides is 1. The van der Waals surface area contributed by atoms with E-state index in [9.17, 15) is 9.59 Å². The molecular weight excluding hydrogens is 358 g/mol. The topological polar surface area (TPSA) is 73.9 Å². The molecule has 0 aliphatic carbocycles. The first kappa shape index (κ1) is 17.9. The van der Waals surface area contributed by atoms with Crippen LogP contribution in [0.4, 0.5) is 5.69 Å². The maximum Gasteiger partial charge on any atom is 0.339 e. The summed E-state index contributed by atoms with van der Waals surface area (Å²) in [7, 11) is 0. The van der Waals surface area contributed by atoms with E-state index in [1.807, 2.05) is 42.5 Å². The molecule has 0 aromatic heterocycles. The van der Waals surface area contributed by atoms with E-state index in [1.165, 1.54) is 6.92 Å². The van der Waals surface area contributed by atoms with Gasteiger partial charge in [0.15, 0.2) is 17.6 Å². The monoisotopic (exact) mass is 377 g/mol. The normalized spacial score (nSPS) is 13.6. The summed E-state index contributed by atoms with van der Waals surface area (Å²) in [5, 5.41) is 4.88. The Morgan fingerprint density at radius 1 is 0.929 bits per heavy atom. The molecule has 0 radical (unpaired) electrons. The maximum atomic E-state index is 12.4. The fourth-order valence-corrected chi connectivity index (χ4v) is 2.96. The van der Waals surface area contributed by atoms with Crippen molar-refractivity contribution in [3.05, 3.63) is 66.2 Å². The molecule has 142 valence electrons. The zero-order valence-corrected chi connectivity index (χ0v) is 15.3. The molecule has 1 amide bonds. The Morgan fingerprint density at radius 2 is 1.68 bits per heavy atom. The van der Waals surface area contributed by atoms with Crippen molar-refractivity contribution in [1.29, 1.82) is 0 Å². The molecule has 1 N–H and O–H groups in total. The smallest absolute Gasteiger partial charge is 0.339 e. The van der Waals surface area contributed by atoms with Gasteiger partial charge in [0.25, 0.3) is 5.91 Å². The standard InChI is InChI=1S/C22H19NO5/c1-14(21(24)23-18-8-6-15-4-2-3-5-16(15)12-18)28-22(25)17-7-9-19-20(13-17)27-11-10-26-19/h2-9,12-14H,10-11H2,1H3,(H,23,24)/t14-/m0/s1. The molecular formula is C22H19NO5. The van der Waals surface area contributed by atoms with Crippen molar-refractivity contribution in [2.75, 3.05) is 18.5 Å². The summed E-state index contributed by atoms with van der Waals surface area (Å²) in [6.07, 6.45) is -0.952. The highest BCUT2D eigenvalue weighted by molar-refractivity contribution is 5.99. The van der Waals surface area contributed by atoms with Crippen LogP contribution in [0.5, 0.6) is 11.5 Å². The van der Waals surface area contributed by atoms with Gasteiger partial charge in [-0.3, -0.25) is 4.79 Å². The molecule has 0 spiro atoms. The molecule has 1 aliphatic rings. The Kier molecular flexibility index (Phi) is 4.85. The number of ether oxygens (including phenoxy) is 3. The highest BCUT2D eigenvalue weighted by atomic mass is 16.6. The van der Waals surface area contributed by atoms with Gasteiger partial charge in [-0.25, -0.2) is 4.79 Å². The summed E-state index contributed by atoms with van der Waals surface area (Å²) in [4.78, 5) is 24.8. The second-order valence-corrected chi connectivity index (χ2v) is 6.46. The number of benzene rings is 3. The summed E-state index contributed by atoms with van der Waals surface area (Å²) in [5.74, 6) is 0.0816. The van der Waals surface area contributed by atoms with Crippen LogP contribution in [-0.4, -0.2) is 31.2 Å². The fraction of sp³-hybridized carbons (Fsp3) is 0.182. The van der Waals surface area contributed by atoms with Crippen molar-refractivity contribution in [2.24, 2.45) is 0 Å². The van der Waals surface area contributed by atoms with Crippen LogP contribution < -0.4 is 14.8 Å². The van der Waals surface area contributed by atoms with Gasteiger partial charge in [-0.15, -0.1) is 0 Å². The lowest BCUT2D eigenvalue weighted by atomic mass is 10.1. The van der Waals surface area contributed by atoms with Crippen LogP contribution in [-0.2, 0) is 9.53 Å². The molecule has 0 saturated heterocycles. The lowest BCUT2D eigenvalue weighted by Gasteiger charge is -2.19. The Hall–Kier alpha value is -3.54. The molecule has 6 nitrogen and oxygen atoms in total. The Bertz CT molecular complexity index is 1050. The van der Waals surface area contributed by atoms with E-state index in [1.54, 1.807) is 18.2 Å². The number of hydrogen-bond acceptors (Lipinski definition) is 5. The molecule has 6 heteroatoms. The highest BCUT2D eigenvalue weighted by Gasteiger charge is 2.21. The van der Waals surface area contributed by atoms with Crippen molar-refractivity contribution < 1.29 is 23.8 Å². The Morgan fingerprint density at radius 3 is 2.50 bits per heavy atom. The third kappa shape index (κ3) is 3.76. The number of esters is 1. The molecule has 0 bridgehead atoms. The summed E-state index contributed by atoms with van der Waals surface area (Å²) >= 11 is 0. The number of carbonyl (C=O) groups excluding carboxylic acids is 2. The van der Waals surface area contributed by atoms with Crippen molar-refractivity contribution in [1.82, 2.24) is 0 Å². The van der Waals surface area contributed by atoms with E-state index >= 15 is 0 Å². The first-order valence-corrected chi connectivity index (χ1v) is 9.00. The summed E-state index contributed by atoms with van der Waals surface area (Å²) < 4.78 is 16.2. The Labute approximate surface area is 162 Å². The Balaban J connectivity index is 1.41. The molecule has 1 heterocycles. The van der Waals surface area contributed by atoms with Crippen LogP contribution in [0.3, 0.4) is 0 Å². The van der Waals surface area contributed by atoms with Gasteiger partial charge < -0.3 is 19.5 Å². The van der Waals surface area contributed by atoms with Gasteiger partial charge in [-0.1, -0.05) is 30.3 Å². The van der Waals surface area contributed by atoms with Crippen LogP contribution in [0.2, 0.25) is 0 Å². The minimum atomic E-state index is -0.952. The molecule has 3 aromatic rings. The van der Waals surface area contributed by atoms with Crippen molar-refractivity contribution in [3.8, 4) is 11.5 Å². The lowest BCUT2D eigenvalue weighted by molar-refractivity contribution is -0.123. The highest BCUT2D eigenvalue weighted by Crippen LogP contribution is 2.31. The van der Waals surface area contributed by atoms with Gasteiger partial charge in [0.05, 0.1) is 5.56 Å². The second-order valence-electron chi connectivity index (χ2n) is 6.46. The van der Waals surface area contributed by atoms with Crippen LogP contribution in [0, 0.1) is 0 Å². The SMILES string of the molecule is C[C@H](OC(=O)c1ccc2c(c1)OCCO2)C(=O)Nc1ccc2ccccc2c1. The molecule has 0 fully saturated rings. The van der Waals surface area contributed by atoms with Gasteiger partial charge in [0.1, 0.15) is 13.2 Å². The van der Waals surface area contributed by atoms with Gasteiger partial charge in [-0.2, -0.15) is 0 Å². The molecule has 0 saturated carbocycles. The first-order chi connectivity index (χ1) is 13.6. The van der Waals surface area contributed by atoms with Crippen molar-refractivity contribution in [3.63, 3.8) is 0 Å². The summed E-state index contributed by atoms with van der Waals surface area (Å²) in [6.45, 7) is 2.44. The van der Waals surface area contributed by atoms with Crippen LogP contribution >= 0.6 is 0 Å². The van der Waals surface area contributed by atoms with Crippen LogP contribution in [0.25, 0.3) is 10.8 Å². The largest absolute Gasteiger partial charge is 0.486 e. The predicted octanol–water partition coefficient (Wildman–Crippen LogP) is 3.80. The van der Waals surface area contributed by atoms with Gasteiger partial charge in [-0.05, 0) is 48.0 Å². The van der Waals surface area contributed by atoms with Crippen LogP contribution in [0.15, 0.2) is 60.7 Å². The van der Waals surface area contributed by atoms with E-state index in [2.05, 4.69) is 5.32 Å². The van der Waals surface area contributed by atoms with Gasteiger partial charge >= 0.3 is 5.97 Å². The van der Waals surface area contributed by atoms with E-state index in [0.29, 0.717) is 36.0 Å². The summed E-state index contributed by atoms with van der Waals surface area (Å²) in [6, 6.07) is 18.3. The molecule has 1 atom stereocenters. The number of hydrogen-bond donors (Lipinski definition) is 1. The molecule has 28 heavy (non-hydrogen) atoms. The zero-order chi connectivity index (χ0) is 19.5. The van der Waals surface area contributed by atoms with Gasteiger partial charge in [0.2, 0.25) is 0 Å². The molecule has 3 aromatic carbocycles. The van der Waals surface area contributed by atoms with Crippen molar-refractivity contribution >= 4 is 28.3 Å². The number of fused-ring (bicyclic) bond motifs is 2. The molecule has 1 aliphatic heterocycles. The first-order valence-electron chi connectivity index (χ1n) is 9.00. The zero-order valence-electron chi connectivity index (χ0n) is 15.3. The number of nitrogens with one attached hydrogen (secondary N) is 1. The minimum Gasteiger partial charge on any atom is -0.486 e. The summed E-state index contributed by atoms with van der Waals surface area (Å²) in [5.41, 5.74) is 0.945. The average molecular weight is 377 g/mol. The van der Waals surface area contributed by atoms with E-state index in [-0.39, 0.29) is 0 Å². The predicted molar refractivity (Wildman–Crippen MR) is 105 cm³/mol. The average Bonchev–Trinajstić information content (AvgIpc) is 2.73. The molecule has 4 rings (SSSR count). The van der Waals surface area contributed by atoms with E-state index in [4.69, 9.17) is 14.2 Å². The number of anilines is 1. The quantitative estimate of drug-likeness (QED) is 0.700. The third-order valence-electron chi connectivity index (χ3n) is 4.45. The second kappa shape index (κ2) is 7.60. The van der Waals surface area contributed by atoms with Gasteiger partial charge in [0, 0.05) is 5.69 Å². The maximum absolute atomic E-state index is 12.4. The molecule has 0 unspecified atom stereocenters. The van der Waals surface area contributed by atoms with E-state index < -0.39 is 18.0 Å². The van der Waals surface area contributed by atoms with E-state index in [0.717, 1.165) is 10.8 Å². The number of rotatable bonds is 4. The fourth-order valence-electron chi connectivity index (χ4n) is 2.96. The number of carbonyl (C=O) groups is 2. The lowest BCUT2D eigenvalue weighted by Crippen LogP contribution is -2.30. The minimum absolute atomic E-state index is 0.301. The van der Waals surface area contributed by atoms with Crippen LogP contribution in [0.1, 0.15) is 17.3 Å². The third-order valence-corrected chi connectivity index (χ3v) is 4.45. The van der Waals surface area contributed by atoms with Crippen molar-refractivity contribution in [2.45, 2.75) is 13.0 Å².